The molecule has 0 saturated heterocycles. The van der Waals surface area contributed by atoms with Gasteiger partial charge in [0.2, 0.25) is 6.08 Å². The average molecular weight is 413 g/mol. The van der Waals surface area contributed by atoms with Crippen molar-refractivity contribution >= 4 is 29.3 Å². The maximum absolute atomic E-state index is 13.8. The van der Waals surface area contributed by atoms with Crippen molar-refractivity contribution in [3.05, 3.63) is 54.4 Å². The van der Waals surface area contributed by atoms with Crippen LogP contribution in [0.5, 0.6) is 0 Å². The Morgan fingerprint density at radius 1 is 1.21 bits per heavy atom. The summed E-state index contributed by atoms with van der Waals surface area (Å²) in [5, 5.41) is 9.04. The fourth-order valence-corrected chi connectivity index (χ4v) is 2.87. The van der Waals surface area contributed by atoms with Gasteiger partial charge in [0.1, 0.15) is 11.7 Å². The molecule has 1 unspecified atom stereocenters. The number of hydrogen-bond acceptors (Lipinski definition) is 6. The number of carbonyl (C=O) groups excluding carboxylic acids is 1. The van der Waals surface area contributed by atoms with Gasteiger partial charge in [-0.2, -0.15) is 4.99 Å². The van der Waals surface area contributed by atoms with Gasteiger partial charge in [0.25, 0.3) is 0 Å². The molecule has 1 aromatic heterocycles. The molecule has 2 aromatic rings. The van der Waals surface area contributed by atoms with Crippen LogP contribution in [0.25, 0.3) is 5.69 Å². The zero-order valence-corrected chi connectivity index (χ0v) is 15.6. The van der Waals surface area contributed by atoms with E-state index in [1.807, 2.05) is 0 Å². The molecule has 0 spiro atoms. The lowest BCUT2D eigenvalue weighted by molar-refractivity contribution is -0.142. The Kier molecular flexibility index (Phi) is 5.81. The van der Waals surface area contributed by atoms with Gasteiger partial charge in [-0.15, -0.1) is 0 Å². The molecule has 1 heterocycles. The Hall–Kier alpha value is -3.30. The fourth-order valence-electron chi connectivity index (χ4n) is 2.64. The van der Waals surface area contributed by atoms with Crippen LogP contribution in [0.1, 0.15) is 19.9 Å². The normalized spacial score (nSPS) is 11.9. The zero-order chi connectivity index (χ0) is 21.3. The lowest BCUT2D eigenvalue weighted by Crippen LogP contribution is -2.55. The molecule has 0 fully saturated rings. The van der Waals surface area contributed by atoms with Gasteiger partial charge in [0.15, 0.2) is 5.82 Å². The molecule has 28 heavy (non-hydrogen) atoms. The number of halogens is 2. The minimum atomic E-state index is -1.58. The van der Waals surface area contributed by atoms with Crippen LogP contribution >= 0.6 is 11.6 Å². The monoisotopic (exact) mass is 412 g/mol. The van der Waals surface area contributed by atoms with Crippen LogP contribution in [-0.2, 0) is 16.6 Å². The summed E-state index contributed by atoms with van der Waals surface area (Å²) in [6, 6.07) is -0.0265. The molecule has 1 atom stereocenters. The summed E-state index contributed by atoms with van der Waals surface area (Å²) in [4.78, 5) is 63.1. The highest BCUT2D eigenvalue weighted by atomic mass is 35.5. The van der Waals surface area contributed by atoms with Crippen molar-refractivity contribution < 1.29 is 19.1 Å². The Balaban J connectivity index is 3.04. The molecule has 2 rings (SSSR count). The molecule has 1 aromatic carbocycles. The quantitative estimate of drug-likeness (QED) is 0.568. The van der Waals surface area contributed by atoms with Crippen molar-refractivity contribution in [2.45, 2.75) is 19.9 Å². The molecule has 0 amide bonds. The molecule has 0 aliphatic carbocycles. The van der Waals surface area contributed by atoms with Crippen LogP contribution in [0.4, 0.5) is 10.1 Å². The molecule has 0 aliphatic heterocycles. The van der Waals surface area contributed by atoms with Gasteiger partial charge >= 0.3 is 23.0 Å². The van der Waals surface area contributed by atoms with Crippen LogP contribution in [0, 0.1) is 11.7 Å². The summed E-state index contributed by atoms with van der Waals surface area (Å²) in [6.45, 7) is 2.95. The number of isocyanates is 1. The smallest absolute Gasteiger partial charge is 0.341 e. The van der Waals surface area contributed by atoms with Gasteiger partial charge in [-0.05, 0) is 18.1 Å². The van der Waals surface area contributed by atoms with Crippen LogP contribution in [0.3, 0.4) is 0 Å². The molecular formula is C16H14ClFN4O6. The summed E-state index contributed by atoms with van der Waals surface area (Å²) < 4.78 is 15.2. The molecular weight excluding hydrogens is 399 g/mol. The van der Waals surface area contributed by atoms with Crippen molar-refractivity contribution in [1.29, 1.82) is 0 Å². The maximum atomic E-state index is 13.8. The van der Waals surface area contributed by atoms with Crippen LogP contribution < -0.4 is 17.1 Å². The summed E-state index contributed by atoms with van der Waals surface area (Å²) >= 11 is 5.94. The van der Waals surface area contributed by atoms with E-state index in [-0.39, 0.29) is 5.69 Å². The van der Waals surface area contributed by atoms with E-state index in [0.29, 0.717) is 19.8 Å². The number of rotatable bonds is 5. The molecule has 10 nitrogen and oxygen atoms in total. The second-order valence-electron chi connectivity index (χ2n) is 6.10. The van der Waals surface area contributed by atoms with Crippen molar-refractivity contribution in [3.63, 3.8) is 0 Å². The van der Waals surface area contributed by atoms with Crippen molar-refractivity contribution in [1.82, 2.24) is 13.7 Å². The predicted octanol–water partition coefficient (Wildman–Crippen LogP) is 0.739. The molecule has 1 N–H and O–H groups in total. The maximum Gasteiger partial charge on any atom is 0.341 e. The molecule has 12 heteroatoms. The van der Waals surface area contributed by atoms with Gasteiger partial charge in [-0.25, -0.2) is 42.1 Å². The third kappa shape index (κ3) is 3.45. The van der Waals surface area contributed by atoms with Crippen molar-refractivity contribution in [3.8, 4) is 5.69 Å². The topological polar surface area (TPSA) is 133 Å². The number of carbonyl (C=O) groups is 1. The molecule has 0 bridgehead atoms. The number of aromatic nitrogens is 3. The zero-order valence-electron chi connectivity index (χ0n) is 14.8. The number of aliphatic imine (C=N–C) groups is 1. The number of nitrogens with zero attached hydrogens (tertiary/aromatic N) is 4. The van der Waals surface area contributed by atoms with Gasteiger partial charge < -0.3 is 5.11 Å². The highest BCUT2D eigenvalue weighted by Crippen LogP contribution is 2.27. The van der Waals surface area contributed by atoms with Crippen LogP contribution in [0.2, 0.25) is 5.02 Å². The van der Waals surface area contributed by atoms with Gasteiger partial charge in [0, 0.05) is 7.05 Å². The lowest BCUT2D eigenvalue weighted by Gasteiger charge is -2.20. The van der Waals surface area contributed by atoms with Crippen LogP contribution in [-0.4, -0.2) is 30.9 Å². The Bertz CT molecular complexity index is 1190. The van der Waals surface area contributed by atoms with Crippen molar-refractivity contribution in [2.75, 3.05) is 0 Å². The van der Waals surface area contributed by atoms with E-state index in [2.05, 4.69) is 4.99 Å². The minimum absolute atomic E-state index is 0.385. The van der Waals surface area contributed by atoms with Gasteiger partial charge in [-0.3, -0.25) is 0 Å². The molecule has 0 saturated carbocycles. The second kappa shape index (κ2) is 7.75. The van der Waals surface area contributed by atoms with E-state index in [0.717, 1.165) is 19.2 Å². The largest absolute Gasteiger partial charge is 0.480 e. The standard InChI is InChI=1S/C16H14ClFN4O6/c1-7(2)12(13(24)25)22-15(27)20(3)14(26)21(16(22)28)11-5-10(19-6-23)9(18)4-8(11)17/h4-5,7,12H,1-3H3,(H,24,25). The SMILES string of the molecule is CC(C)C(C(=O)O)n1c(=O)n(C)c(=O)n(-c2cc(N=C=O)c(F)cc2Cl)c1=O. The number of hydrogen-bond donors (Lipinski definition) is 1. The molecule has 0 radical (unpaired) electrons. The van der Waals surface area contributed by atoms with Gasteiger partial charge in [-0.1, -0.05) is 25.4 Å². The first-order chi connectivity index (χ1) is 13.0. The highest BCUT2D eigenvalue weighted by molar-refractivity contribution is 6.32. The Morgan fingerprint density at radius 2 is 1.82 bits per heavy atom. The lowest BCUT2D eigenvalue weighted by atomic mass is 10.0. The van der Waals surface area contributed by atoms with Crippen LogP contribution in [0.15, 0.2) is 31.5 Å². The van der Waals surface area contributed by atoms with E-state index in [1.54, 1.807) is 0 Å². The first-order valence-corrected chi connectivity index (χ1v) is 8.15. The summed E-state index contributed by atoms with van der Waals surface area (Å²) in [6.07, 6.45) is 1.12. The first-order valence-electron chi connectivity index (χ1n) is 7.77. The molecule has 0 aliphatic rings. The van der Waals surface area contributed by atoms with Gasteiger partial charge in [0.05, 0.1) is 10.7 Å². The number of carboxylic acid groups (broad SMARTS) is 1. The Labute approximate surface area is 160 Å². The first kappa shape index (κ1) is 21.0. The minimum Gasteiger partial charge on any atom is -0.480 e. The van der Waals surface area contributed by atoms with E-state index in [9.17, 15) is 33.5 Å². The van der Waals surface area contributed by atoms with Crippen molar-refractivity contribution in [2.24, 2.45) is 18.0 Å². The number of aliphatic carboxylic acids is 1. The van der Waals surface area contributed by atoms with E-state index in [4.69, 9.17) is 11.6 Å². The van der Waals surface area contributed by atoms with E-state index >= 15 is 0 Å². The third-order valence-corrected chi connectivity index (χ3v) is 4.26. The summed E-state index contributed by atoms with van der Waals surface area (Å²) in [5.74, 6) is -3.16. The third-order valence-electron chi connectivity index (χ3n) is 3.95. The number of benzene rings is 1. The predicted molar refractivity (Wildman–Crippen MR) is 95.8 cm³/mol. The highest BCUT2D eigenvalue weighted by Gasteiger charge is 2.30. The average Bonchev–Trinajstić information content (AvgIpc) is 2.60. The second-order valence-corrected chi connectivity index (χ2v) is 6.50. The van der Waals surface area contributed by atoms with E-state index < -0.39 is 51.5 Å². The summed E-state index contributed by atoms with van der Waals surface area (Å²) in [7, 11) is 1.04. The number of carboxylic acids is 1. The van der Waals surface area contributed by atoms with E-state index in [1.165, 1.54) is 13.8 Å². The Morgan fingerprint density at radius 3 is 2.32 bits per heavy atom. The fraction of sp³-hybridized carbons (Fsp3) is 0.312. The molecule has 148 valence electrons. The summed E-state index contributed by atoms with van der Waals surface area (Å²) in [5.41, 5.74) is -4.52.